The molecule has 0 aliphatic heterocycles. The number of carbonyl (C=O) groups is 1. The van der Waals surface area contributed by atoms with Crippen LogP contribution in [0.2, 0.25) is 0 Å². The number of aliphatic carboxylic acids is 1. The first-order valence-electron chi connectivity index (χ1n) is 9.14. The Hall–Kier alpha value is -3.72. The van der Waals surface area contributed by atoms with E-state index in [1.165, 1.54) is 18.2 Å². The molecule has 6 heteroatoms. The molecule has 1 aromatic heterocycles. The van der Waals surface area contributed by atoms with Gasteiger partial charge in [0.2, 0.25) is 5.88 Å². The molecule has 1 fully saturated rings. The van der Waals surface area contributed by atoms with Crippen LogP contribution in [0, 0.1) is 17.1 Å². The number of aromatic nitrogens is 1. The number of ether oxygens (including phenoxy) is 1. The Labute approximate surface area is 167 Å². The second-order valence-electron chi connectivity index (χ2n) is 7.03. The standard InChI is InChI=1S/C23H17FN2O3/c24-19-12-15(13-25)4-5-17(19)14-29-21-3-1-2-20(26-21)16-6-8-18(9-7-16)23(10-11-23)22(27)28/h1-9,12H,10-11,14H2,(H,27,28). The zero-order valence-electron chi connectivity index (χ0n) is 15.4. The Morgan fingerprint density at radius 2 is 1.93 bits per heavy atom. The van der Waals surface area contributed by atoms with E-state index in [0.29, 0.717) is 30.0 Å². The van der Waals surface area contributed by atoms with E-state index in [-0.39, 0.29) is 12.2 Å². The maximum Gasteiger partial charge on any atom is 0.314 e. The minimum absolute atomic E-state index is 0.00589. The predicted octanol–water partition coefficient (Wildman–Crippen LogP) is 4.45. The van der Waals surface area contributed by atoms with Crippen LogP contribution < -0.4 is 4.74 Å². The second-order valence-corrected chi connectivity index (χ2v) is 7.03. The van der Waals surface area contributed by atoms with Crippen LogP contribution in [0.1, 0.15) is 29.5 Å². The lowest BCUT2D eigenvalue weighted by Crippen LogP contribution is -2.19. The van der Waals surface area contributed by atoms with Gasteiger partial charge in [0.15, 0.2) is 0 Å². The lowest BCUT2D eigenvalue weighted by molar-refractivity contribution is -0.140. The molecule has 3 aromatic rings. The van der Waals surface area contributed by atoms with Gasteiger partial charge in [-0.2, -0.15) is 5.26 Å². The summed E-state index contributed by atoms with van der Waals surface area (Å²) >= 11 is 0. The van der Waals surface area contributed by atoms with Gasteiger partial charge in [0, 0.05) is 17.2 Å². The van der Waals surface area contributed by atoms with E-state index < -0.39 is 17.2 Å². The normalized spacial score (nSPS) is 14.1. The van der Waals surface area contributed by atoms with Gasteiger partial charge in [-0.3, -0.25) is 4.79 Å². The molecule has 144 valence electrons. The van der Waals surface area contributed by atoms with E-state index in [9.17, 15) is 14.3 Å². The molecule has 1 N–H and O–H groups in total. The number of hydrogen-bond acceptors (Lipinski definition) is 4. The first kappa shape index (κ1) is 18.6. The zero-order chi connectivity index (χ0) is 20.4. The number of hydrogen-bond donors (Lipinski definition) is 1. The van der Waals surface area contributed by atoms with Crippen molar-refractivity contribution in [1.82, 2.24) is 4.98 Å². The molecule has 1 heterocycles. The molecule has 29 heavy (non-hydrogen) atoms. The quantitative estimate of drug-likeness (QED) is 0.674. The number of nitriles is 1. The van der Waals surface area contributed by atoms with Crippen LogP contribution in [0.5, 0.6) is 5.88 Å². The summed E-state index contributed by atoms with van der Waals surface area (Å²) in [6, 6.07) is 18.8. The highest BCUT2D eigenvalue weighted by atomic mass is 19.1. The Bertz CT molecular complexity index is 1120. The van der Waals surface area contributed by atoms with Crippen molar-refractivity contribution in [1.29, 1.82) is 5.26 Å². The predicted molar refractivity (Wildman–Crippen MR) is 104 cm³/mol. The van der Waals surface area contributed by atoms with Gasteiger partial charge in [-0.15, -0.1) is 0 Å². The summed E-state index contributed by atoms with van der Waals surface area (Å²) in [6.07, 6.45) is 1.32. The van der Waals surface area contributed by atoms with Crippen molar-refractivity contribution in [2.24, 2.45) is 0 Å². The maximum absolute atomic E-state index is 14.0. The minimum atomic E-state index is -0.784. The van der Waals surface area contributed by atoms with Gasteiger partial charge >= 0.3 is 5.97 Å². The van der Waals surface area contributed by atoms with Crippen molar-refractivity contribution in [2.45, 2.75) is 24.9 Å². The average Bonchev–Trinajstić information content (AvgIpc) is 3.55. The number of pyridine rings is 1. The van der Waals surface area contributed by atoms with E-state index in [1.807, 2.05) is 36.4 Å². The van der Waals surface area contributed by atoms with Crippen molar-refractivity contribution in [3.8, 4) is 23.2 Å². The number of benzene rings is 2. The molecule has 0 atom stereocenters. The van der Waals surface area contributed by atoms with Gasteiger partial charge in [0.25, 0.3) is 0 Å². The number of carboxylic acid groups (broad SMARTS) is 1. The van der Waals surface area contributed by atoms with Crippen LogP contribution in [0.25, 0.3) is 11.3 Å². The zero-order valence-corrected chi connectivity index (χ0v) is 15.4. The molecule has 4 rings (SSSR count). The molecule has 0 amide bonds. The molecule has 2 aromatic carbocycles. The van der Waals surface area contributed by atoms with E-state index in [4.69, 9.17) is 10.00 Å². The number of rotatable bonds is 6. The van der Waals surface area contributed by atoms with Crippen LogP contribution in [0.15, 0.2) is 60.7 Å². The van der Waals surface area contributed by atoms with Gasteiger partial charge in [-0.1, -0.05) is 36.4 Å². The summed E-state index contributed by atoms with van der Waals surface area (Å²) < 4.78 is 19.6. The molecule has 1 aliphatic rings. The Morgan fingerprint density at radius 1 is 1.17 bits per heavy atom. The Balaban J connectivity index is 1.49. The van der Waals surface area contributed by atoms with Gasteiger partial charge in [0.05, 0.1) is 22.7 Å². The topological polar surface area (TPSA) is 83.2 Å². The molecule has 0 radical (unpaired) electrons. The number of nitrogens with zero attached hydrogens (tertiary/aromatic N) is 2. The molecule has 0 spiro atoms. The molecule has 0 bridgehead atoms. The summed E-state index contributed by atoms with van der Waals surface area (Å²) in [5, 5.41) is 18.2. The van der Waals surface area contributed by atoms with Crippen LogP contribution in [-0.2, 0) is 16.8 Å². The average molecular weight is 388 g/mol. The molecule has 1 saturated carbocycles. The molecule has 0 saturated heterocycles. The van der Waals surface area contributed by atoms with Crippen molar-refractivity contribution < 1.29 is 19.0 Å². The van der Waals surface area contributed by atoms with E-state index in [1.54, 1.807) is 12.1 Å². The fourth-order valence-corrected chi connectivity index (χ4v) is 3.25. The molecule has 1 aliphatic carbocycles. The fourth-order valence-electron chi connectivity index (χ4n) is 3.25. The highest BCUT2D eigenvalue weighted by Gasteiger charge is 2.51. The van der Waals surface area contributed by atoms with Crippen LogP contribution >= 0.6 is 0 Å². The smallest absolute Gasteiger partial charge is 0.314 e. The Morgan fingerprint density at radius 3 is 2.55 bits per heavy atom. The monoisotopic (exact) mass is 388 g/mol. The lowest BCUT2D eigenvalue weighted by Gasteiger charge is -2.11. The van der Waals surface area contributed by atoms with Gasteiger partial charge in [-0.25, -0.2) is 9.37 Å². The fraction of sp³-hybridized carbons (Fsp3) is 0.174. The summed E-state index contributed by atoms with van der Waals surface area (Å²) in [4.78, 5) is 15.9. The van der Waals surface area contributed by atoms with Crippen LogP contribution in [0.4, 0.5) is 4.39 Å². The number of carboxylic acids is 1. The first-order chi connectivity index (χ1) is 14.0. The van der Waals surface area contributed by atoms with E-state index in [2.05, 4.69) is 4.98 Å². The van der Waals surface area contributed by atoms with Crippen molar-refractivity contribution in [3.63, 3.8) is 0 Å². The molecule has 5 nitrogen and oxygen atoms in total. The Kier molecular flexibility index (Phi) is 4.73. The van der Waals surface area contributed by atoms with Crippen LogP contribution in [0.3, 0.4) is 0 Å². The molecular weight excluding hydrogens is 371 g/mol. The van der Waals surface area contributed by atoms with E-state index in [0.717, 1.165) is 11.1 Å². The van der Waals surface area contributed by atoms with Crippen molar-refractivity contribution >= 4 is 5.97 Å². The summed E-state index contributed by atoms with van der Waals surface area (Å²) in [7, 11) is 0. The maximum atomic E-state index is 14.0. The van der Waals surface area contributed by atoms with Crippen molar-refractivity contribution in [3.05, 3.63) is 83.2 Å². The minimum Gasteiger partial charge on any atom is -0.481 e. The lowest BCUT2D eigenvalue weighted by atomic mass is 9.95. The van der Waals surface area contributed by atoms with Crippen LogP contribution in [-0.4, -0.2) is 16.1 Å². The SMILES string of the molecule is N#Cc1ccc(COc2cccc(-c3ccc(C4(C(=O)O)CC4)cc3)n2)c(F)c1. The largest absolute Gasteiger partial charge is 0.481 e. The summed E-state index contributed by atoms with van der Waals surface area (Å²) in [5.41, 5.74) is 2.17. The van der Waals surface area contributed by atoms with Crippen molar-refractivity contribution in [2.75, 3.05) is 0 Å². The van der Waals surface area contributed by atoms with Gasteiger partial charge < -0.3 is 9.84 Å². The third kappa shape index (κ3) is 3.67. The summed E-state index contributed by atoms with van der Waals surface area (Å²) in [6.45, 7) is -0.00589. The van der Waals surface area contributed by atoms with Gasteiger partial charge in [-0.05, 0) is 36.6 Å². The van der Waals surface area contributed by atoms with Gasteiger partial charge in [0.1, 0.15) is 12.4 Å². The highest BCUT2D eigenvalue weighted by molar-refractivity contribution is 5.85. The summed E-state index contributed by atoms with van der Waals surface area (Å²) in [5.74, 6) is -0.934. The molecule has 0 unspecified atom stereocenters. The second kappa shape index (κ2) is 7.36. The highest BCUT2D eigenvalue weighted by Crippen LogP contribution is 2.48. The third-order valence-corrected chi connectivity index (χ3v) is 5.17. The van der Waals surface area contributed by atoms with E-state index >= 15 is 0 Å². The third-order valence-electron chi connectivity index (χ3n) is 5.17. The first-order valence-corrected chi connectivity index (χ1v) is 9.14. The molecular formula is C23H17FN2O3. The number of halogens is 1.